The third-order valence-electron chi connectivity index (χ3n) is 1.19. The molecule has 2 rings (SSSR count). The molecule has 0 atom stereocenters. The molecular weight excluding hydrogens is 300 g/mol. The van der Waals surface area contributed by atoms with E-state index in [-0.39, 0.29) is 20.4 Å². The summed E-state index contributed by atoms with van der Waals surface area (Å²) >= 11 is 0. The maximum absolute atomic E-state index is 4.88. The molecule has 0 saturated heterocycles. The van der Waals surface area contributed by atoms with E-state index in [9.17, 15) is 0 Å². The molecule has 51 valence electrons. The van der Waals surface area contributed by atoms with Crippen molar-refractivity contribution in [2.45, 2.75) is 0 Å². The summed E-state index contributed by atoms with van der Waals surface area (Å²) in [6.45, 7) is 0. The van der Waals surface area contributed by atoms with Gasteiger partial charge >= 0.3 is 0 Å². The molecule has 1 aromatic heterocycles. The Balaban J connectivity index is 0.000000500. The largest absolute Gasteiger partial charge is 0.573 e. The van der Waals surface area contributed by atoms with Crippen LogP contribution in [0.15, 0.2) is 28.7 Å². The average molecular weight is 304 g/mol. The Bertz CT molecular complexity index is 288. The van der Waals surface area contributed by atoms with Crippen LogP contribution in [0, 0.1) is 6.39 Å². The minimum Gasteiger partial charge on any atom is -0.573 e. The van der Waals surface area contributed by atoms with Gasteiger partial charge in [0.1, 0.15) is 6.39 Å². The molecule has 0 unspecified atom stereocenters. The third-order valence-corrected chi connectivity index (χ3v) is 1.19. The van der Waals surface area contributed by atoms with Gasteiger partial charge in [0, 0.05) is 20.4 Å². The van der Waals surface area contributed by atoms with Gasteiger partial charge in [-0.25, -0.2) is 0 Å². The van der Waals surface area contributed by atoms with Crippen LogP contribution in [-0.4, -0.2) is 4.98 Å². The Hall–Kier alpha value is -0.648. The Kier molecular flexibility index (Phi) is 2.21. The van der Waals surface area contributed by atoms with Gasteiger partial charge in [-0.1, -0.05) is 18.2 Å². The van der Waals surface area contributed by atoms with Gasteiger partial charge in [0.25, 0.3) is 0 Å². The van der Waals surface area contributed by atoms with Crippen LogP contribution in [0.1, 0.15) is 0 Å². The van der Waals surface area contributed by atoms with E-state index in [1.165, 1.54) is 0 Å². The molecule has 0 spiro atoms. The molecular formula is C7H4NORe-. The van der Waals surface area contributed by atoms with Crippen molar-refractivity contribution in [3.8, 4) is 0 Å². The molecule has 2 nitrogen and oxygen atoms in total. The topological polar surface area (TPSA) is 26.0 Å². The van der Waals surface area contributed by atoms with Gasteiger partial charge < -0.3 is 9.40 Å². The van der Waals surface area contributed by atoms with Crippen molar-refractivity contribution in [3.05, 3.63) is 30.7 Å². The first-order chi connectivity index (χ1) is 4.47. The molecule has 0 aliphatic rings. The van der Waals surface area contributed by atoms with Crippen LogP contribution >= 0.6 is 0 Å². The van der Waals surface area contributed by atoms with Crippen molar-refractivity contribution >= 4 is 11.1 Å². The van der Waals surface area contributed by atoms with Crippen molar-refractivity contribution in [1.29, 1.82) is 0 Å². The quantitative estimate of drug-likeness (QED) is 0.691. The fourth-order valence-corrected chi connectivity index (χ4v) is 0.757. The van der Waals surface area contributed by atoms with E-state index in [0.29, 0.717) is 0 Å². The van der Waals surface area contributed by atoms with Crippen LogP contribution in [0.25, 0.3) is 11.1 Å². The van der Waals surface area contributed by atoms with Gasteiger partial charge in [-0.3, -0.25) is 0 Å². The van der Waals surface area contributed by atoms with Crippen molar-refractivity contribution in [2.24, 2.45) is 0 Å². The van der Waals surface area contributed by atoms with E-state index >= 15 is 0 Å². The smallest absolute Gasteiger partial charge is 0.103 e. The molecule has 0 amide bonds. The third kappa shape index (κ3) is 1.11. The van der Waals surface area contributed by atoms with Crippen molar-refractivity contribution in [3.63, 3.8) is 0 Å². The number of hydrogen-bond acceptors (Lipinski definition) is 2. The van der Waals surface area contributed by atoms with Gasteiger partial charge in [-0.05, 0) is 11.1 Å². The summed E-state index contributed by atoms with van der Waals surface area (Å²) in [5.74, 6) is 0. The number of fused-ring (bicyclic) bond motifs is 1. The molecule has 3 heteroatoms. The van der Waals surface area contributed by atoms with Crippen LogP contribution < -0.4 is 0 Å². The van der Waals surface area contributed by atoms with Gasteiger partial charge in [-0.2, -0.15) is 0 Å². The molecule has 0 aliphatic carbocycles. The molecule has 0 fully saturated rings. The van der Waals surface area contributed by atoms with Gasteiger partial charge in [0.2, 0.25) is 0 Å². The van der Waals surface area contributed by atoms with E-state index in [4.69, 9.17) is 4.42 Å². The van der Waals surface area contributed by atoms with Gasteiger partial charge in [0.15, 0.2) is 0 Å². The zero-order valence-corrected chi connectivity index (χ0v) is 7.76. The fourth-order valence-electron chi connectivity index (χ4n) is 0.757. The summed E-state index contributed by atoms with van der Waals surface area (Å²) in [7, 11) is 0. The Morgan fingerprint density at radius 2 is 2.10 bits per heavy atom. The first kappa shape index (κ1) is 7.46. The Morgan fingerprint density at radius 3 is 2.90 bits per heavy atom. The molecule has 0 bridgehead atoms. The van der Waals surface area contributed by atoms with E-state index in [2.05, 4.69) is 11.4 Å². The summed E-state index contributed by atoms with van der Waals surface area (Å²) in [4.78, 5) is 3.83. The van der Waals surface area contributed by atoms with Crippen molar-refractivity contribution in [1.82, 2.24) is 4.98 Å². The molecule has 1 radical (unpaired) electrons. The monoisotopic (exact) mass is 305 g/mol. The molecule has 1 heterocycles. The minimum absolute atomic E-state index is 0. The second-order valence-electron chi connectivity index (χ2n) is 1.77. The molecule has 10 heavy (non-hydrogen) atoms. The first-order valence-corrected chi connectivity index (χ1v) is 2.68. The summed E-state index contributed by atoms with van der Waals surface area (Å²) in [6, 6.07) is 7.56. The maximum Gasteiger partial charge on any atom is 0.103 e. The molecule has 0 saturated carbocycles. The second kappa shape index (κ2) is 2.96. The van der Waals surface area contributed by atoms with Gasteiger partial charge in [0.05, 0.1) is 0 Å². The van der Waals surface area contributed by atoms with Crippen molar-refractivity contribution < 1.29 is 24.8 Å². The van der Waals surface area contributed by atoms with E-state index in [1.807, 2.05) is 24.3 Å². The Labute approximate surface area is 71.9 Å². The predicted molar refractivity (Wildman–Crippen MR) is 32.8 cm³/mol. The first-order valence-electron chi connectivity index (χ1n) is 2.68. The predicted octanol–water partition coefficient (Wildman–Crippen LogP) is 1.63. The number of rotatable bonds is 0. The summed E-state index contributed by atoms with van der Waals surface area (Å²) in [6.07, 6.45) is 2.41. The molecule has 0 aliphatic heterocycles. The normalized spacial score (nSPS) is 9.20. The summed E-state index contributed by atoms with van der Waals surface area (Å²) in [5, 5.41) is 0. The average Bonchev–Trinajstić information content (AvgIpc) is 2.33. The second-order valence-corrected chi connectivity index (χ2v) is 1.77. The standard InChI is InChI=1S/C7H4NO.Re/c1-2-4-7-6(3-1)8-5-9-7;/h1-4H;/q-1;. The molecule has 1 aromatic carbocycles. The van der Waals surface area contributed by atoms with E-state index in [0.717, 1.165) is 11.1 Å². The maximum atomic E-state index is 4.88. The SMILES string of the molecule is [Re].[c-]1nc2ccccc2o1. The van der Waals surface area contributed by atoms with Gasteiger partial charge in [-0.15, -0.1) is 6.07 Å². The Morgan fingerprint density at radius 1 is 1.30 bits per heavy atom. The number of benzene rings is 1. The van der Waals surface area contributed by atoms with Crippen LogP contribution in [0.4, 0.5) is 0 Å². The number of nitrogens with zero attached hydrogens (tertiary/aromatic N) is 1. The van der Waals surface area contributed by atoms with Crippen LogP contribution in [0.3, 0.4) is 0 Å². The molecule has 2 aromatic rings. The summed E-state index contributed by atoms with van der Waals surface area (Å²) < 4.78 is 4.88. The number of para-hydroxylation sites is 2. The fraction of sp³-hybridized carbons (Fsp3) is 0. The van der Waals surface area contributed by atoms with E-state index < -0.39 is 0 Å². The van der Waals surface area contributed by atoms with E-state index in [1.54, 1.807) is 0 Å². The minimum atomic E-state index is 0. The van der Waals surface area contributed by atoms with Crippen LogP contribution in [-0.2, 0) is 20.4 Å². The number of oxazole rings is 1. The zero-order chi connectivity index (χ0) is 6.10. The zero-order valence-electron chi connectivity index (χ0n) is 5.04. The summed E-state index contributed by atoms with van der Waals surface area (Å²) in [5.41, 5.74) is 1.65. The number of aromatic nitrogens is 1. The molecule has 0 N–H and O–H groups in total. The van der Waals surface area contributed by atoms with Crippen LogP contribution in [0.2, 0.25) is 0 Å². The van der Waals surface area contributed by atoms with Crippen molar-refractivity contribution in [2.75, 3.05) is 0 Å². The van der Waals surface area contributed by atoms with Crippen LogP contribution in [0.5, 0.6) is 0 Å². The number of hydrogen-bond donors (Lipinski definition) is 0.